The average molecular weight is 235 g/mol. The van der Waals surface area contributed by atoms with Gasteiger partial charge in [-0.1, -0.05) is 6.07 Å². The second-order valence-electron chi connectivity index (χ2n) is 3.75. The lowest BCUT2D eigenvalue weighted by Gasteiger charge is -2.06. The molecule has 2 rings (SSSR count). The number of hydrogen-bond donors (Lipinski definition) is 1. The number of nitrogens with zero attached hydrogens (tertiary/aromatic N) is 2. The third-order valence-electron chi connectivity index (χ3n) is 2.47. The monoisotopic (exact) mass is 235 g/mol. The van der Waals surface area contributed by atoms with Gasteiger partial charge in [0, 0.05) is 24.2 Å². The lowest BCUT2D eigenvalue weighted by Crippen LogP contribution is -2.09. The molecule has 0 fully saturated rings. The molecule has 3 nitrogen and oxygen atoms in total. The van der Waals surface area contributed by atoms with Gasteiger partial charge in [0.1, 0.15) is 0 Å². The van der Waals surface area contributed by atoms with E-state index >= 15 is 0 Å². The van der Waals surface area contributed by atoms with Crippen molar-refractivity contribution in [2.75, 3.05) is 11.9 Å². The van der Waals surface area contributed by atoms with Crippen molar-refractivity contribution >= 4 is 17.3 Å². The summed E-state index contributed by atoms with van der Waals surface area (Å²) in [5.74, 6) is 0.983. The number of aryl methyl sites for hydroxylation is 2. The molecule has 0 spiro atoms. The number of aromatic nitrogens is 2. The van der Waals surface area contributed by atoms with Crippen molar-refractivity contribution in [3.05, 3.63) is 34.3 Å². The van der Waals surface area contributed by atoms with E-state index in [1.807, 2.05) is 6.92 Å². The highest BCUT2D eigenvalue weighted by atomic mass is 32.1. The molecule has 1 N–H and O–H groups in total. The van der Waals surface area contributed by atoms with Crippen LogP contribution < -0.4 is 5.32 Å². The Labute approximate surface area is 100 Å². The van der Waals surface area contributed by atoms with Gasteiger partial charge in [-0.3, -0.25) is 0 Å². The quantitative estimate of drug-likeness (QED) is 0.863. The van der Waals surface area contributed by atoms with Crippen LogP contribution in [0.3, 0.4) is 0 Å². The van der Waals surface area contributed by atoms with Gasteiger partial charge in [0.2, 0.25) is 5.95 Å². The molecule has 0 radical (unpaired) electrons. The van der Waals surface area contributed by atoms with Gasteiger partial charge in [0.15, 0.2) is 0 Å². The van der Waals surface area contributed by atoms with Crippen molar-refractivity contribution in [2.45, 2.75) is 26.8 Å². The van der Waals surface area contributed by atoms with Gasteiger partial charge < -0.3 is 9.88 Å². The zero-order valence-corrected chi connectivity index (χ0v) is 10.5. The molecule has 0 aromatic carbocycles. The van der Waals surface area contributed by atoms with Gasteiger partial charge >= 0.3 is 0 Å². The standard InChI is InChI=1S/C12H17N3S/c1-3-15-9-10(2)14-12(15)13-7-6-11-5-4-8-16-11/h4-5,8-9H,3,6-7H2,1-2H3,(H,13,14). The number of thiophene rings is 1. The molecular weight excluding hydrogens is 218 g/mol. The van der Waals surface area contributed by atoms with Crippen molar-refractivity contribution in [3.8, 4) is 0 Å². The van der Waals surface area contributed by atoms with E-state index in [0.717, 1.165) is 31.2 Å². The zero-order chi connectivity index (χ0) is 11.4. The van der Waals surface area contributed by atoms with Crippen molar-refractivity contribution in [3.63, 3.8) is 0 Å². The van der Waals surface area contributed by atoms with Crippen LogP contribution in [0.1, 0.15) is 17.5 Å². The highest BCUT2D eigenvalue weighted by Crippen LogP contribution is 2.11. The van der Waals surface area contributed by atoms with Crippen molar-refractivity contribution < 1.29 is 0 Å². The number of nitrogens with one attached hydrogen (secondary N) is 1. The van der Waals surface area contributed by atoms with Gasteiger partial charge in [-0.15, -0.1) is 11.3 Å². The van der Waals surface area contributed by atoms with Crippen LogP contribution >= 0.6 is 11.3 Å². The molecule has 0 aliphatic carbocycles. The maximum Gasteiger partial charge on any atom is 0.203 e. The fourth-order valence-electron chi connectivity index (χ4n) is 1.68. The van der Waals surface area contributed by atoms with E-state index in [2.05, 4.69) is 45.5 Å². The lowest BCUT2D eigenvalue weighted by atomic mass is 10.3. The van der Waals surface area contributed by atoms with Gasteiger partial charge in [-0.25, -0.2) is 4.98 Å². The predicted octanol–water partition coefficient (Wildman–Crippen LogP) is 2.93. The molecule has 0 saturated heterocycles. The summed E-state index contributed by atoms with van der Waals surface area (Å²) < 4.78 is 2.14. The summed E-state index contributed by atoms with van der Waals surface area (Å²) in [4.78, 5) is 5.87. The molecule has 2 heterocycles. The largest absolute Gasteiger partial charge is 0.355 e. The molecule has 0 unspecified atom stereocenters. The Morgan fingerprint density at radius 2 is 2.38 bits per heavy atom. The minimum absolute atomic E-state index is 0.941. The summed E-state index contributed by atoms with van der Waals surface area (Å²) in [7, 11) is 0. The Morgan fingerprint density at radius 1 is 1.50 bits per heavy atom. The number of anilines is 1. The minimum atomic E-state index is 0.941. The Bertz CT molecular complexity index is 431. The fourth-order valence-corrected chi connectivity index (χ4v) is 2.39. The molecule has 4 heteroatoms. The van der Waals surface area contributed by atoms with Crippen molar-refractivity contribution in [1.29, 1.82) is 0 Å². The minimum Gasteiger partial charge on any atom is -0.355 e. The molecule has 0 aliphatic rings. The van der Waals surface area contributed by atoms with Crippen molar-refractivity contribution in [1.82, 2.24) is 9.55 Å². The van der Waals surface area contributed by atoms with E-state index in [9.17, 15) is 0 Å². The second kappa shape index (κ2) is 5.16. The van der Waals surface area contributed by atoms with Gasteiger partial charge in [-0.05, 0) is 31.7 Å². The van der Waals surface area contributed by atoms with Crippen LogP contribution in [0.25, 0.3) is 0 Å². The first-order chi connectivity index (χ1) is 7.79. The third kappa shape index (κ3) is 2.64. The Morgan fingerprint density at radius 3 is 3.06 bits per heavy atom. The highest BCUT2D eigenvalue weighted by Gasteiger charge is 2.02. The zero-order valence-electron chi connectivity index (χ0n) is 9.73. The first-order valence-corrected chi connectivity index (χ1v) is 6.47. The van der Waals surface area contributed by atoms with E-state index in [1.54, 1.807) is 11.3 Å². The van der Waals surface area contributed by atoms with E-state index in [0.29, 0.717) is 0 Å². The van der Waals surface area contributed by atoms with E-state index in [1.165, 1.54) is 4.88 Å². The summed E-state index contributed by atoms with van der Waals surface area (Å²) in [6.07, 6.45) is 3.14. The fraction of sp³-hybridized carbons (Fsp3) is 0.417. The van der Waals surface area contributed by atoms with Gasteiger partial charge in [-0.2, -0.15) is 0 Å². The van der Waals surface area contributed by atoms with Crippen LogP contribution in [0.15, 0.2) is 23.7 Å². The van der Waals surface area contributed by atoms with Crippen LogP contribution in [0.2, 0.25) is 0 Å². The lowest BCUT2D eigenvalue weighted by molar-refractivity contribution is 0.762. The molecule has 2 aromatic heterocycles. The highest BCUT2D eigenvalue weighted by molar-refractivity contribution is 7.09. The maximum absolute atomic E-state index is 4.46. The third-order valence-corrected chi connectivity index (χ3v) is 3.41. The molecule has 0 aliphatic heterocycles. The van der Waals surface area contributed by atoms with Crippen LogP contribution in [-0.2, 0) is 13.0 Å². The summed E-state index contributed by atoms with van der Waals surface area (Å²) in [5, 5.41) is 5.50. The Kier molecular flexibility index (Phi) is 3.62. The topological polar surface area (TPSA) is 29.9 Å². The smallest absolute Gasteiger partial charge is 0.203 e. The first kappa shape index (κ1) is 11.2. The first-order valence-electron chi connectivity index (χ1n) is 5.59. The molecule has 16 heavy (non-hydrogen) atoms. The average Bonchev–Trinajstić information content (AvgIpc) is 2.88. The molecular formula is C12H17N3S. The number of hydrogen-bond acceptors (Lipinski definition) is 3. The Balaban J connectivity index is 1.89. The summed E-state index contributed by atoms with van der Waals surface area (Å²) >= 11 is 1.81. The van der Waals surface area contributed by atoms with E-state index in [4.69, 9.17) is 0 Å². The van der Waals surface area contributed by atoms with Gasteiger partial charge in [0.25, 0.3) is 0 Å². The molecule has 0 atom stereocenters. The maximum atomic E-state index is 4.46. The van der Waals surface area contributed by atoms with E-state index in [-0.39, 0.29) is 0 Å². The van der Waals surface area contributed by atoms with Crippen LogP contribution in [0.4, 0.5) is 5.95 Å². The summed E-state index contributed by atoms with van der Waals surface area (Å²) in [6.45, 7) is 6.06. The SMILES string of the molecule is CCn1cc(C)nc1NCCc1cccs1. The molecule has 0 saturated carbocycles. The molecule has 2 aromatic rings. The molecule has 86 valence electrons. The number of imidazole rings is 1. The van der Waals surface area contributed by atoms with Gasteiger partial charge in [0.05, 0.1) is 5.69 Å². The summed E-state index contributed by atoms with van der Waals surface area (Å²) in [5.41, 5.74) is 1.07. The predicted molar refractivity (Wildman–Crippen MR) is 69.2 cm³/mol. The number of rotatable bonds is 5. The molecule has 0 bridgehead atoms. The van der Waals surface area contributed by atoms with Crippen LogP contribution in [0.5, 0.6) is 0 Å². The second-order valence-corrected chi connectivity index (χ2v) is 4.78. The Hall–Kier alpha value is -1.29. The van der Waals surface area contributed by atoms with Crippen molar-refractivity contribution in [2.24, 2.45) is 0 Å². The summed E-state index contributed by atoms with van der Waals surface area (Å²) in [6, 6.07) is 4.26. The molecule has 0 amide bonds. The van der Waals surface area contributed by atoms with Crippen LogP contribution in [-0.4, -0.2) is 16.1 Å². The van der Waals surface area contributed by atoms with Crippen LogP contribution in [0, 0.1) is 6.92 Å². The van der Waals surface area contributed by atoms with E-state index < -0.39 is 0 Å². The normalized spacial score (nSPS) is 10.6.